The Bertz CT molecular complexity index is 344. The fourth-order valence-electron chi connectivity index (χ4n) is 2.66. The van der Waals surface area contributed by atoms with Crippen molar-refractivity contribution in [3.8, 4) is 0 Å². The number of carboxylic acids is 1. The molecule has 6 heteroatoms. The van der Waals surface area contributed by atoms with E-state index in [2.05, 4.69) is 17.3 Å². The number of amides is 2. The van der Waals surface area contributed by atoms with Gasteiger partial charge in [0.25, 0.3) is 0 Å². The van der Waals surface area contributed by atoms with Crippen LogP contribution in [0.2, 0.25) is 0 Å². The number of likely N-dealkylation sites (tertiary alicyclic amines) is 1. The van der Waals surface area contributed by atoms with Crippen molar-refractivity contribution in [2.24, 2.45) is 0 Å². The van der Waals surface area contributed by atoms with Gasteiger partial charge >= 0.3 is 12.0 Å². The minimum Gasteiger partial charge on any atom is -0.481 e. The van der Waals surface area contributed by atoms with E-state index >= 15 is 0 Å². The first kappa shape index (κ1) is 14.1. The number of hydrogen-bond acceptors (Lipinski definition) is 3. The van der Waals surface area contributed by atoms with Gasteiger partial charge in [-0.15, -0.1) is 0 Å². The molecular formula is C13H23N3O3. The van der Waals surface area contributed by atoms with Crippen molar-refractivity contribution in [3.63, 3.8) is 0 Å². The number of nitrogens with one attached hydrogen (secondary N) is 1. The molecular weight excluding hydrogens is 246 g/mol. The van der Waals surface area contributed by atoms with Gasteiger partial charge in [-0.1, -0.05) is 0 Å². The molecule has 0 radical (unpaired) electrons. The Morgan fingerprint density at radius 1 is 1.37 bits per heavy atom. The number of carboxylic acid groups (broad SMARTS) is 1. The smallest absolute Gasteiger partial charge is 0.317 e. The average molecular weight is 269 g/mol. The molecule has 2 N–H and O–H groups in total. The number of carbonyl (C=O) groups is 2. The first-order valence-electron chi connectivity index (χ1n) is 7.04. The molecule has 19 heavy (non-hydrogen) atoms. The lowest BCUT2D eigenvalue weighted by Crippen LogP contribution is -2.45. The molecule has 2 rings (SSSR count). The molecule has 0 bridgehead atoms. The van der Waals surface area contributed by atoms with Crippen molar-refractivity contribution >= 4 is 12.0 Å². The molecule has 1 saturated carbocycles. The Morgan fingerprint density at radius 3 is 2.74 bits per heavy atom. The van der Waals surface area contributed by atoms with Crippen LogP contribution >= 0.6 is 0 Å². The highest BCUT2D eigenvalue weighted by Gasteiger charge is 2.30. The summed E-state index contributed by atoms with van der Waals surface area (Å²) in [6.07, 6.45) is 4.26. The summed E-state index contributed by atoms with van der Waals surface area (Å²) in [5.41, 5.74) is 0. The number of rotatable bonds is 6. The van der Waals surface area contributed by atoms with Crippen LogP contribution in [0, 0.1) is 0 Å². The number of carbonyl (C=O) groups excluding carboxylic acids is 1. The number of aliphatic carboxylic acids is 1. The van der Waals surface area contributed by atoms with Crippen molar-refractivity contribution in [1.82, 2.24) is 15.1 Å². The molecule has 1 atom stereocenters. The minimum atomic E-state index is -0.835. The third-order valence-electron chi connectivity index (χ3n) is 3.96. The summed E-state index contributed by atoms with van der Waals surface area (Å²) in [5, 5.41) is 11.7. The van der Waals surface area contributed by atoms with Crippen LogP contribution in [-0.2, 0) is 4.79 Å². The normalized spacial score (nSPS) is 22.8. The predicted octanol–water partition coefficient (Wildman–Crippen LogP) is 0.729. The summed E-state index contributed by atoms with van der Waals surface area (Å²) >= 11 is 0. The predicted molar refractivity (Wildman–Crippen MR) is 71.0 cm³/mol. The van der Waals surface area contributed by atoms with Crippen molar-refractivity contribution < 1.29 is 14.7 Å². The van der Waals surface area contributed by atoms with Crippen LogP contribution in [0.4, 0.5) is 4.79 Å². The average Bonchev–Trinajstić information content (AvgIpc) is 3.10. The Labute approximate surface area is 113 Å². The fourth-order valence-corrected chi connectivity index (χ4v) is 2.66. The zero-order valence-corrected chi connectivity index (χ0v) is 11.5. The third kappa shape index (κ3) is 4.09. The van der Waals surface area contributed by atoms with Crippen molar-refractivity contribution in [3.05, 3.63) is 0 Å². The van der Waals surface area contributed by atoms with Gasteiger partial charge in [0.15, 0.2) is 0 Å². The zero-order valence-electron chi connectivity index (χ0n) is 11.5. The van der Waals surface area contributed by atoms with Crippen molar-refractivity contribution in [2.75, 3.05) is 26.7 Å². The van der Waals surface area contributed by atoms with E-state index in [1.165, 1.54) is 12.8 Å². The molecule has 1 heterocycles. The summed E-state index contributed by atoms with van der Waals surface area (Å²) in [6.45, 7) is 2.15. The maximum atomic E-state index is 12.0. The number of hydrogen-bond donors (Lipinski definition) is 2. The van der Waals surface area contributed by atoms with Gasteiger partial charge in [0, 0.05) is 31.7 Å². The van der Waals surface area contributed by atoms with Gasteiger partial charge in [-0.3, -0.25) is 4.79 Å². The van der Waals surface area contributed by atoms with Crippen LogP contribution < -0.4 is 5.32 Å². The van der Waals surface area contributed by atoms with Crippen LogP contribution in [0.5, 0.6) is 0 Å². The highest BCUT2D eigenvalue weighted by molar-refractivity contribution is 5.76. The first-order valence-corrected chi connectivity index (χ1v) is 7.04. The third-order valence-corrected chi connectivity index (χ3v) is 3.96. The van der Waals surface area contributed by atoms with E-state index in [4.69, 9.17) is 5.11 Å². The second-order valence-electron chi connectivity index (χ2n) is 5.53. The Balaban J connectivity index is 1.70. The van der Waals surface area contributed by atoms with Gasteiger partial charge in [-0.05, 0) is 32.7 Å². The van der Waals surface area contributed by atoms with Crippen LogP contribution in [0.3, 0.4) is 0 Å². The lowest BCUT2D eigenvalue weighted by atomic mass is 10.1. The SMILES string of the molecule is CN(CCNC(=O)N1CCCC1CC(=O)O)C1CC1. The minimum absolute atomic E-state index is 0.0510. The highest BCUT2D eigenvalue weighted by atomic mass is 16.4. The lowest BCUT2D eigenvalue weighted by Gasteiger charge is -2.24. The second kappa shape index (κ2) is 6.23. The molecule has 2 amide bonds. The molecule has 1 aliphatic heterocycles. The molecule has 0 aromatic rings. The fraction of sp³-hybridized carbons (Fsp3) is 0.846. The summed E-state index contributed by atoms with van der Waals surface area (Å²) in [4.78, 5) is 26.7. The number of nitrogens with zero attached hydrogens (tertiary/aromatic N) is 2. The topological polar surface area (TPSA) is 72.9 Å². The van der Waals surface area contributed by atoms with Gasteiger partial charge in [0.2, 0.25) is 0 Å². The van der Waals surface area contributed by atoms with Gasteiger partial charge in [-0.25, -0.2) is 4.79 Å². The Morgan fingerprint density at radius 2 is 2.11 bits per heavy atom. The lowest BCUT2D eigenvalue weighted by molar-refractivity contribution is -0.137. The van der Waals surface area contributed by atoms with E-state index < -0.39 is 5.97 Å². The zero-order chi connectivity index (χ0) is 13.8. The van der Waals surface area contributed by atoms with E-state index in [1.54, 1.807) is 4.90 Å². The Hall–Kier alpha value is -1.30. The summed E-state index contributed by atoms with van der Waals surface area (Å²) in [6, 6.07) is 0.440. The molecule has 0 spiro atoms. The van der Waals surface area contributed by atoms with Crippen LogP contribution in [0.25, 0.3) is 0 Å². The molecule has 0 aromatic carbocycles. The molecule has 1 unspecified atom stereocenters. The van der Waals surface area contributed by atoms with Crippen molar-refractivity contribution in [2.45, 2.75) is 44.2 Å². The summed E-state index contributed by atoms with van der Waals surface area (Å²) in [5.74, 6) is -0.835. The van der Waals surface area contributed by atoms with Crippen molar-refractivity contribution in [1.29, 1.82) is 0 Å². The maximum absolute atomic E-state index is 12.0. The quantitative estimate of drug-likeness (QED) is 0.745. The van der Waals surface area contributed by atoms with Crippen LogP contribution in [0.15, 0.2) is 0 Å². The Kier molecular flexibility index (Phi) is 4.63. The number of likely N-dealkylation sites (N-methyl/N-ethyl adjacent to an activating group) is 1. The van der Waals surface area contributed by atoms with E-state index in [0.29, 0.717) is 19.1 Å². The summed E-state index contributed by atoms with van der Waals surface area (Å²) in [7, 11) is 2.08. The first-order chi connectivity index (χ1) is 9.08. The second-order valence-corrected chi connectivity index (χ2v) is 5.53. The molecule has 6 nitrogen and oxygen atoms in total. The van der Waals surface area contributed by atoms with Gasteiger partial charge < -0.3 is 20.2 Å². The summed E-state index contributed by atoms with van der Waals surface area (Å²) < 4.78 is 0. The van der Waals surface area contributed by atoms with E-state index in [1.807, 2.05) is 0 Å². The van der Waals surface area contributed by atoms with Gasteiger partial charge in [-0.2, -0.15) is 0 Å². The maximum Gasteiger partial charge on any atom is 0.317 e. The van der Waals surface area contributed by atoms with E-state index in [0.717, 1.165) is 19.4 Å². The largest absolute Gasteiger partial charge is 0.481 e. The van der Waals surface area contributed by atoms with Gasteiger partial charge in [0.1, 0.15) is 0 Å². The van der Waals surface area contributed by atoms with E-state index in [-0.39, 0.29) is 18.5 Å². The molecule has 0 aromatic heterocycles. The molecule has 1 aliphatic carbocycles. The molecule has 1 saturated heterocycles. The number of urea groups is 1. The molecule has 108 valence electrons. The van der Waals surface area contributed by atoms with Crippen LogP contribution in [0.1, 0.15) is 32.1 Å². The van der Waals surface area contributed by atoms with Gasteiger partial charge in [0.05, 0.1) is 6.42 Å². The molecule has 2 aliphatic rings. The highest BCUT2D eigenvalue weighted by Crippen LogP contribution is 2.24. The molecule has 2 fully saturated rings. The van der Waals surface area contributed by atoms with E-state index in [9.17, 15) is 9.59 Å². The monoisotopic (exact) mass is 269 g/mol. The van der Waals surface area contributed by atoms with Crippen LogP contribution in [-0.4, -0.2) is 65.7 Å². The standard InChI is InChI=1S/C13H23N3O3/c1-15(10-4-5-10)8-6-14-13(19)16-7-2-3-11(16)9-12(17)18/h10-11H,2-9H2,1H3,(H,14,19)(H,17,18).